The van der Waals surface area contributed by atoms with E-state index < -0.39 is 24.3 Å². The first-order valence-corrected chi connectivity index (χ1v) is 22.4. The molecule has 2 saturated heterocycles. The highest BCUT2D eigenvalue weighted by Crippen LogP contribution is 2.58. The van der Waals surface area contributed by atoms with Gasteiger partial charge in [0.1, 0.15) is 23.7 Å². The second-order valence-electron chi connectivity index (χ2n) is 18.2. The van der Waals surface area contributed by atoms with Gasteiger partial charge in [-0.15, -0.1) is 0 Å². The summed E-state index contributed by atoms with van der Waals surface area (Å²) in [4.78, 5) is 72.3. The number of piperidine rings is 2. The summed E-state index contributed by atoms with van der Waals surface area (Å²) in [6.45, 7) is 9.77. The zero-order valence-electron chi connectivity index (χ0n) is 36.2. The molecule has 4 amide bonds. The third-order valence-corrected chi connectivity index (χ3v) is 14.2. The number of carbonyl (C=O) groups excluding carboxylic acids is 4. The first kappa shape index (κ1) is 42.7. The Kier molecular flexibility index (Phi) is 11.2. The van der Waals surface area contributed by atoms with Gasteiger partial charge in [-0.3, -0.25) is 9.59 Å². The van der Waals surface area contributed by atoms with Crippen molar-refractivity contribution in [1.82, 2.24) is 40.4 Å². The summed E-state index contributed by atoms with van der Waals surface area (Å²) in [5.74, 6) is 1.82. The fourth-order valence-corrected chi connectivity index (χ4v) is 10.5. The van der Waals surface area contributed by atoms with Crippen LogP contribution in [0.15, 0.2) is 60.7 Å². The minimum absolute atomic E-state index is 0.0827. The predicted molar refractivity (Wildman–Crippen MR) is 240 cm³/mol. The van der Waals surface area contributed by atoms with Crippen LogP contribution in [-0.4, -0.2) is 92.1 Å². The number of alkyl carbamates (subject to hydrolysis) is 2. The van der Waals surface area contributed by atoms with Crippen molar-refractivity contribution in [2.75, 3.05) is 14.2 Å². The molecule has 2 aliphatic carbocycles. The summed E-state index contributed by atoms with van der Waals surface area (Å²) in [7, 11) is 2.58. The number of carbonyl (C=O) groups is 4. The molecule has 5 aromatic rings. The Morgan fingerprint density at radius 1 is 0.667 bits per heavy atom. The third kappa shape index (κ3) is 7.79. The molecule has 4 N–H and O–H groups in total. The summed E-state index contributed by atoms with van der Waals surface area (Å²) < 4.78 is 9.63. The number of likely N-dealkylation sites (tertiary alicyclic amines) is 2. The summed E-state index contributed by atoms with van der Waals surface area (Å²) in [5, 5.41) is 8.20. The van der Waals surface area contributed by atoms with E-state index in [1.807, 2.05) is 55.7 Å². The highest BCUT2D eigenvalue weighted by atomic mass is 35.5. The lowest BCUT2D eigenvalue weighted by Gasteiger charge is -2.32. The lowest BCUT2D eigenvalue weighted by Crippen LogP contribution is -2.52. The Labute approximate surface area is 375 Å². The zero-order valence-corrected chi connectivity index (χ0v) is 37.8. The Bertz CT molecular complexity index is 2610. The number of methoxy groups -OCH3 is 2. The largest absolute Gasteiger partial charge is 0.453 e. The number of rotatable bonds is 11. The molecular formula is C47H52Cl2N8O6. The van der Waals surface area contributed by atoms with Crippen LogP contribution in [0.4, 0.5) is 9.59 Å². The number of aromatic amines is 2. The van der Waals surface area contributed by atoms with E-state index in [9.17, 15) is 19.2 Å². The maximum atomic E-state index is 14.0. The van der Waals surface area contributed by atoms with E-state index in [4.69, 9.17) is 42.6 Å². The van der Waals surface area contributed by atoms with Gasteiger partial charge in [-0.25, -0.2) is 19.6 Å². The number of benzene rings is 3. The quantitative estimate of drug-likeness (QED) is 0.102. The average molecular weight is 896 g/mol. The van der Waals surface area contributed by atoms with Gasteiger partial charge < -0.3 is 39.9 Å². The topological polar surface area (TPSA) is 175 Å². The molecule has 0 radical (unpaired) electrons. The second-order valence-corrected chi connectivity index (χ2v) is 18.9. The van der Waals surface area contributed by atoms with Crippen LogP contribution in [0.25, 0.3) is 44.4 Å². The number of halogens is 2. The summed E-state index contributed by atoms with van der Waals surface area (Å²) in [6.07, 6.45) is 1.21. The van der Waals surface area contributed by atoms with Crippen LogP contribution in [0, 0.1) is 29.6 Å². The molecule has 0 spiro atoms. The number of H-pyrrole nitrogens is 2. The van der Waals surface area contributed by atoms with Crippen molar-refractivity contribution in [2.45, 2.75) is 90.1 Å². The number of fused-ring (bicyclic) bond motifs is 3. The molecule has 2 aromatic heterocycles. The maximum absolute atomic E-state index is 14.0. The van der Waals surface area contributed by atoms with Gasteiger partial charge in [0.15, 0.2) is 10.3 Å². The number of imidazole rings is 2. The number of amides is 4. The van der Waals surface area contributed by atoms with Crippen LogP contribution < -0.4 is 10.6 Å². The molecule has 4 fully saturated rings. The molecule has 0 unspecified atom stereocenters. The summed E-state index contributed by atoms with van der Waals surface area (Å²) in [5.41, 5.74) is 5.17. The van der Waals surface area contributed by atoms with Crippen molar-refractivity contribution in [3.63, 3.8) is 0 Å². The number of hydrogen-bond acceptors (Lipinski definition) is 8. The van der Waals surface area contributed by atoms with Crippen molar-refractivity contribution >= 4 is 58.0 Å². The van der Waals surface area contributed by atoms with Gasteiger partial charge in [0, 0.05) is 23.2 Å². The minimum atomic E-state index is -0.730. The van der Waals surface area contributed by atoms with E-state index in [2.05, 4.69) is 70.0 Å². The van der Waals surface area contributed by atoms with Gasteiger partial charge in [0.05, 0.1) is 37.7 Å². The van der Waals surface area contributed by atoms with Gasteiger partial charge in [-0.2, -0.15) is 0 Å². The Balaban J connectivity index is 0.910. The normalized spacial score (nSPS) is 24.3. The van der Waals surface area contributed by atoms with Crippen LogP contribution >= 0.6 is 23.2 Å². The standard InChI is InChI=1S/C47H52Cl2N8O6/c1-21(2)35(52-46(60)62-6)44(58)56-32-18-30(32)19-33(56)42-51-38(41(49)55-42)29-15-14-27-16-26(12-13-28(27)17-29)24-8-10-25(11-9-24)37-40(48)54-43(50-37)34-20-31-23(5)39(31)57(34)45(59)36(22(3)4)53-47(61)63-7/h8-17,21-23,30-36,39H,18-20H2,1-7H3,(H,50,54)(H,51,55)(H,52,60)(H,53,61)/t23-,30-,31+,32-,33+,34+,35+,36+,39-/m1/s1. The summed E-state index contributed by atoms with van der Waals surface area (Å²) >= 11 is 13.6. The molecule has 14 nitrogen and oxygen atoms in total. The second kappa shape index (κ2) is 16.5. The zero-order chi connectivity index (χ0) is 44.6. The molecule has 2 aliphatic heterocycles. The van der Waals surface area contributed by atoms with E-state index in [0.717, 1.165) is 52.3 Å². The van der Waals surface area contributed by atoms with Crippen LogP contribution in [0.1, 0.15) is 77.6 Å². The van der Waals surface area contributed by atoms with Gasteiger partial charge >= 0.3 is 12.2 Å². The highest BCUT2D eigenvalue weighted by molar-refractivity contribution is 6.32. The number of nitrogens with zero attached hydrogens (tertiary/aromatic N) is 4. The number of nitrogens with one attached hydrogen (secondary N) is 4. The molecule has 4 aliphatic rings. The Morgan fingerprint density at radius 3 is 1.70 bits per heavy atom. The number of aromatic nitrogens is 4. The monoisotopic (exact) mass is 894 g/mol. The van der Waals surface area contributed by atoms with E-state index >= 15 is 0 Å². The van der Waals surface area contributed by atoms with E-state index in [1.165, 1.54) is 14.2 Å². The van der Waals surface area contributed by atoms with Crippen LogP contribution in [0.5, 0.6) is 0 Å². The van der Waals surface area contributed by atoms with Gasteiger partial charge in [-0.1, -0.05) is 106 Å². The molecule has 2 saturated carbocycles. The van der Waals surface area contributed by atoms with E-state index in [0.29, 0.717) is 51.1 Å². The van der Waals surface area contributed by atoms with Crippen LogP contribution in [0.2, 0.25) is 10.3 Å². The number of hydrogen-bond donors (Lipinski definition) is 4. The first-order chi connectivity index (χ1) is 30.2. The van der Waals surface area contributed by atoms with Crippen molar-refractivity contribution in [1.29, 1.82) is 0 Å². The molecular weight excluding hydrogens is 843 g/mol. The van der Waals surface area contributed by atoms with Crippen LogP contribution in [-0.2, 0) is 19.1 Å². The van der Waals surface area contributed by atoms with Gasteiger partial charge in [0.25, 0.3) is 0 Å². The van der Waals surface area contributed by atoms with Crippen molar-refractivity contribution in [3.05, 3.63) is 82.6 Å². The fraction of sp³-hybridized carbons (Fsp3) is 0.447. The fourth-order valence-electron chi connectivity index (χ4n) is 10.0. The van der Waals surface area contributed by atoms with Gasteiger partial charge in [-0.05, 0) is 82.9 Å². The number of ether oxygens (including phenoxy) is 2. The van der Waals surface area contributed by atoms with E-state index in [1.54, 1.807) is 0 Å². The predicted octanol–water partition coefficient (Wildman–Crippen LogP) is 8.92. The van der Waals surface area contributed by atoms with Gasteiger partial charge in [0.2, 0.25) is 11.8 Å². The van der Waals surface area contributed by atoms with Crippen molar-refractivity contribution < 1.29 is 28.7 Å². The third-order valence-electron chi connectivity index (χ3n) is 13.7. The first-order valence-electron chi connectivity index (χ1n) is 21.7. The highest BCUT2D eigenvalue weighted by Gasteiger charge is 2.62. The molecule has 330 valence electrons. The van der Waals surface area contributed by atoms with E-state index in [-0.39, 0.29) is 47.8 Å². The van der Waals surface area contributed by atoms with Crippen molar-refractivity contribution in [2.24, 2.45) is 29.6 Å². The minimum Gasteiger partial charge on any atom is -0.453 e. The Hall–Kier alpha value is -5.60. The molecule has 4 heterocycles. The molecule has 16 heteroatoms. The lowest BCUT2D eigenvalue weighted by atomic mass is 9.98. The molecule has 3 aromatic carbocycles. The molecule has 9 rings (SSSR count). The van der Waals surface area contributed by atoms with Crippen LogP contribution in [0.3, 0.4) is 0 Å². The lowest BCUT2D eigenvalue weighted by molar-refractivity contribution is -0.137. The SMILES string of the molecule is COC(=O)N[C@H](C(=O)N1[C@@H]2[C@H](C)[C@@H]2C[C@H]1c1nc(Cl)c(-c2ccc(-c3ccc4cc(-c5[nH]c([C@@H]6C[C@H]7C[C@H]7N6C(=O)[C@@H](NC(=O)OC)C(C)C)nc5Cl)ccc4c3)cc2)[nH]1)C(C)C. The maximum Gasteiger partial charge on any atom is 0.407 e. The summed E-state index contributed by atoms with van der Waals surface area (Å²) in [6, 6.07) is 18.8. The average Bonchev–Trinajstić information content (AvgIpc) is 3.79. The van der Waals surface area contributed by atoms with Crippen molar-refractivity contribution in [3.8, 4) is 33.6 Å². The Morgan fingerprint density at radius 2 is 1.14 bits per heavy atom. The molecule has 9 atom stereocenters. The molecule has 63 heavy (non-hydrogen) atoms. The smallest absolute Gasteiger partial charge is 0.407 e. The molecule has 0 bridgehead atoms.